The molecule has 0 radical (unpaired) electrons. The van der Waals surface area contributed by atoms with Crippen LogP contribution >= 0.6 is 0 Å². The van der Waals surface area contributed by atoms with Gasteiger partial charge in [-0.15, -0.1) is 0 Å². The predicted octanol–water partition coefficient (Wildman–Crippen LogP) is 6.77. The van der Waals surface area contributed by atoms with E-state index >= 15 is 0 Å². The van der Waals surface area contributed by atoms with E-state index in [1.807, 2.05) is 20.6 Å². The fourth-order valence-corrected chi connectivity index (χ4v) is 8.51. The Hall–Kier alpha value is 0.154. The SMILES string of the molecule is CN(C)CCC1=C(C2CCCCC2)[C]([Ti]([CH3])[CH3])=C(C2CCCCC2)C1. The molecule has 0 unspecified atom stereocenters. The first-order valence-electron chi connectivity index (χ1n) is 11.0. The normalized spacial score (nSPS) is 23.9. The maximum atomic E-state index is 2.63. The first-order valence-corrected chi connectivity index (χ1v) is 14.9. The number of allylic oxidation sites excluding steroid dienone is 3. The van der Waals surface area contributed by atoms with Crippen molar-refractivity contribution >= 4 is 0 Å². The summed E-state index contributed by atoms with van der Waals surface area (Å²) in [6.45, 7) is 1.24. The van der Waals surface area contributed by atoms with Crippen molar-refractivity contribution in [2.24, 2.45) is 11.8 Å². The Morgan fingerprint density at radius 2 is 1.40 bits per heavy atom. The van der Waals surface area contributed by atoms with Crippen molar-refractivity contribution in [3.05, 3.63) is 20.6 Å². The summed E-state index contributed by atoms with van der Waals surface area (Å²) in [4.78, 5) is 2.39. The van der Waals surface area contributed by atoms with Gasteiger partial charge in [0.05, 0.1) is 0 Å². The third-order valence-electron chi connectivity index (χ3n) is 6.85. The molecule has 0 saturated heterocycles. The molecule has 3 aliphatic rings. The van der Waals surface area contributed by atoms with E-state index in [0.717, 1.165) is 11.8 Å². The monoisotopic (exact) mass is 378 g/mol. The first-order chi connectivity index (χ1) is 12.1. The second-order valence-corrected chi connectivity index (χ2v) is 13.2. The molecule has 0 aromatic heterocycles. The molecule has 2 saturated carbocycles. The molecule has 0 spiro atoms. The summed E-state index contributed by atoms with van der Waals surface area (Å²) < 4.78 is 2.01. The van der Waals surface area contributed by atoms with Crippen LogP contribution in [0.15, 0.2) is 20.6 Å². The van der Waals surface area contributed by atoms with Crippen LogP contribution in [-0.4, -0.2) is 25.5 Å². The Morgan fingerprint density at radius 1 is 0.840 bits per heavy atom. The van der Waals surface area contributed by atoms with E-state index < -0.39 is 17.9 Å². The van der Waals surface area contributed by atoms with Gasteiger partial charge in [-0.05, 0) is 0 Å². The molecule has 0 heterocycles. The Bertz CT molecular complexity index is 502. The average molecular weight is 378 g/mol. The zero-order valence-electron chi connectivity index (χ0n) is 17.3. The quantitative estimate of drug-likeness (QED) is 0.461. The molecule has 2 heteroatoms. The van der Waals surface area contributed by atoms with Crippen molar-refractivity contribution in [2.45, 2.75) is 87.5 Å². The molecule has 1 nitrogen and oxygen atoms in total. The Kier molecular flexibility index (Phi) is 7.47. The minimum absolute atomic E-state index is 0.921. The Balaban J connectivity index is 1.91. The van der Waals surface area contributed by atoms with Gasteiger partial charge in [-0.1, -0.05) is 0 Å². The van der Waals surface area contributed by atoms with Gasteiger partial charge in [-0.25, -0.2) is 0 Å². The molecular weight excluding hydrogens is 338 g/mol. The molecule has 0 aromatic rings. The van der Waals surface area contributed by atoms with Crippen LogP contribution in [0.3, 0.4) is 0 Å². The summed E-state index contributed by atoms with van der Waals surface area (Å²) in [6, 6.07) is 0. The summed E-state index contributed by atoms with van der Waals surface area (Å²) in [5.41, 5.74) is 5.79. The molecule has 3 rings (SSSR count). The number of rotatable bonds is 6. The molecule has 0 bridgehead atoms. The van der Waals surface area contributed by atoms with Crippen molar-refractivity contribution in [1.82, 2.24) is 4.90 Å². The maximum absolute atomic E-state index is 2.63. The van der Waals surface area contributed by atoms with Crippen LogP contribution in [0.5, 0.6) is 0 Å². The molecule has 2 fully saturated rings. The van der Waals surface area contributed by atoms with Gasteiger partial charge < -0.3 is 0 Å². The van der Waals surface area contributed by atoms with E-state index in [1.165, 1.54) is 83.6 Å². The molecule has 0 atom stereocenters. The number of nitrogens with zero attached hydrogens (tertiary/aromatic N) is 1. The molecule has 0 N–H and O–H groups in total. The molecule has 3 aliphatic carbocycles. The molecule has 25 heavy (non-hydrogen) atoms. The minimum atomic E-state index is -1.06. The third kappa shape index (κ3) is 4.91. The van der Waals surface area contributed by atoms with Crippen LogP contribution in [0.4, 0.5) is 0 Å². The van der Waals surface area contributed by atoms with Crippen LogP contribution in [-0.2, 0) is 17.9 Å². The Labute approximate surface area is 163 Å². The summed E-state index contributed by atoms with van der Waals surface area (Å²) in [5.74, 6) is 1.87. The van der Waals surface area contributed by atoms with Crippen LogP contribution in [0.1, 0.15) is 77.0 Å². The third-order valence-corrected chi connectivity index (χ3v) is 9.33. The fraction of sp³-hybridized carbons (Fsp3) is 0.826. The van der Waals surface area contributed by atoms with Gasteiger partial charge in [0.25, 0.3) is 0 Å². The predicted molar refractivity (Wildman–Crippen MR) is 107 cm³/mol. The van der Waals surface area contributed by atoms with Gasteiger partial charge >= 0.3 is 163 Å². The van der Waals surface area contributed by atoms with Gasteiger partial charge in [-0.3, -0.25) is 0 Å². The van der Waals surface area contributed by atoms with Gasteiger partial charge in [0, 0.05) is 0 Å². The van der Waals surface area contributed by atoms with Gasteiger partial charge in [0.15, 0.2) is 0 Å². The topological polar surface area (TPSA) is 3.24 Å². The Morgan fingerprint density at radius 3 is 1.92 bits per heavy atom. The van der Waals surface area contributed by atoms with Gasteiger partial charge in [-0.2, -0.15) is 0 Å². The van der Waals surface area contributed by atoms with E-state index in [4.69, 9.17) is 0 Å². The van der Waals surface area contributed by atoms with Crippen LogP contribution in [0.2, 0.25) is 10.5 Å². The van der Waals surface area contributed by atoms with E-state index in [2.05, 4.69) is 29.5 Å². The zero-order valence-corrected chi connectivity index (χ0v) is 18.9. The average Bonchev–Trinajstić information content (AvgIpc) is 3.01. The number of hydrogen-bond acceptors (Lipinski definition) is 1. The first kappa shape index (κ1) is 19.9. The number of hydrogen-bond donors (Lipinski definition) is 0. The molecule has 0 aliphatic heterocycles. The van der Waals surface area contributed by atoms with E-state index in [9.17, 15) is 0 Å². The molecule has 0 amide bonds. The van der Waals surface area contributed by atoms with Crippen molar-refractivity contribution in [3.8, 4) is 0 Å². The molecule has 0 aromatic carbocycles. The van der Waals surface area contributed by atoms with E-state index in [1.54, 1.807) is 0 Å². The van der Waals surface area contributed by atoms with E-state index in [0.29, 0.717) is 0 Å². The molecule has 141 valence electrons. The van der Waals surface area contributed by atoms with Crippen molar-refractivity contribution in [2.75, 3.05) is 20.6 Å². The van der Waals surface area contributed by atoms with Gasteiger partial charge in [0.1, 0.15) is 0 Å². The summed E-state index contributed by atoms with van der Waals surface area (Å²) in [5, 5.41) is 5.27. The van der Waals surface area contributed by atoms with Crippen molar-refractivity contribution in [1.29, 1.82) is 0 Å². The van der Waals surface area contributed by atoms with E-state index in [-0.39, 0.29) is 0 Å². The summed E-state index contributed by atoms with van der Waals surface area (Å²) in [6.07, 6.45) is 17.5. The molecular formula is C23H40NTi. The second kappa shape index (κ2) is 9.38. The second-order valence-electron chi connectivity index (χ2n) is 9.32. The fourth-order valence-electron chi connectivity index (χ4n) is 5.62. The zero-order chi connectivity index (χ0) is 17.8. The van der Waals surface area contributed by atoms with Crippen molar-refractivity contribution in [3.63, 3.8) is 0 Å². The van der Waals surface area contributed by atoms with Gasteiger partial charge in [0.2, 0.25) is 0 Å². The van der Waals surface area contributed by atoms with Crippen LogP contribution in [0.25, 0.3) is 0 Å². The standard InChI is InChI=1S/C21H34N.2CH3.Ti/c1-22(2)14-13-19-15-20(17-9-5-3-6-10-17)16-21(19)18-11-7-4-8-12-18;;;/h17-18H,3-15H2,1-2H3;2*1H3;. The summed E-state index contributed by atoms with van der Waals surface area (Å²) >= 11 is -1.06. The van der Waals surface area contributed by atoms with Crippen LogP contribution < -0.4 is 0 Å². The van der Waals surface area contributed by atoms with Crippen molar-refractivity contribution < 1.29 is 17.9 Å². The summed E-state index contributed by atoms with van der Waals surface area (Å²) in [7, 11) is 4.48. The van der Waals surface area contributed by atoms with Crippen LogP contribution in [0, 0.1) is 11.8 Å².